The molecular weight excluding hydrogens is 318 g/mol. The minimum Gasteiger partial charge on any atom is -0.293 e. The van der Waals surface area contributed by atoms with E-state index in [9.17, 15) is 4.79 Å². The molecule has 0 fully saturated rings. The Bertz CT molecular complexity index is 823. The van der Waals surface area contributed by atoms with Crippen LogP contribution in [0.5, 0.6) is 0 Å². The SMILES string of the molecule is CC(=O)c1nnn(-c2ccc(Br)c3ccccc23)c1C. The van der Waals surface area contributed by atoms with Crippen LogP contribution < -0.4 is 0 Å². The van der Waals surface area contributed by atoms with E-state index in [0.717, 1.165) is 26.6 Å². The lowest BCUT2D eigenvalue weighted by Gasteiger charge is -2.09. The van der Waals surface area contributed by atoms with Crippen LogP contribution in [0.4, 0.5) is 0 Å². The molecule has 1 heterocycles. The van der Waals surface area contributed by atoms with Crippen molar-refractivity contribution in [2.24, 2.45) is 0 Å². The van der Waals surface area contributed by atoms with Crippen LogP contribution in [-0.2, 0) is 0 Å². The van der Waals surface area contributed by atoms with Crippen LogP contribution in [0.1, 0.15) is 23.1 Å². The van der Waals surface area contributed by atoms with Crippen molar-refractivity contribution in [3.8, 4) is 5.69 Å². The number of carbonyl (C=O) groups excluding carboxylic acids is 1. The van der Waals surface area contributed by atoms with Crippen LogP contribution in [0.2, 0.25) is 0 Å². The molecule has 0 aliphatic carbocycles. The number of rotatable bonds is 2. The van der Waals surface area contributed by atoms with Crippen molar-refractivity contribution in [2.75, 3.05) is 0 Å². The zero-order valence-corrected chi connectivity index (χ0v) is 12.7. The van der Waals surface area contributed by atoms with Crippen LogP contribution in [0.15, 0.2) is 40.9 Å². The van der Waals surface area contributed by atoms with Crippen molar-refractivity contribution in [1.29, 1.82) is 0 Å². The molecule has 5 heteroatoms. The van der Waals surface area contributed by atoms with Crippen molar-refractivity contribution >= 4 is 32.5 Å². The van der Waals surface area contributed by atoms with E-state index < -0.39 is 0 Å². The molecule has 4 nitrogen and oxygen atoms in total. The maximum Gasteiger partial charge on any atom is 0.181 e. The molecule has 2 aromatic carbocycles. The zero-order valence-electron chi connectivity index (χ0n) is 11.1. The van der Waals surface area contributed by atoms with Crippen LogP contribution in [0.3, 0.4) is 0 Å². The average Bonchev–Trinajstić information content (AvgIpc) is 2.82. The lowest BCUT2D eigenvalue weighted by Crippen LogP contribution is -2.02. The first-order valence-electron chi connectivity index (χ1n) is 6.20. The molecule has 0 bridgehead atoms. The predicted molar refractivity (Wildman–Crippen MR) is 81.3 cm³/mol. The molecule has 1 aromatic heterocycles. The summed E-state index contributed by atoms with van der Waals surface area (Å²) in [6.07, 6.45) is 0. The van der Waals surface area contributed by atoms with Gasteiger partial charge < -0.3 is 0 Å². The fraction of sp³-hybridized carbons (Fsp3) is 0.133. The first kappa shape index (κ1) is 13.0. The Balaban J connectivity index is 2.31. The molecule has 0 aliphatic rings. The first-order valence-corrected chi connectivity index (χ1v) is 6.99. The second kappa shape index (κ2) is 4.83. The zero-order chi connectivity index (χ0) is 14.3. The molecule has 0 saturated heterocycles. The van der Waals surface area contributed by atoms with Gasteiger partial charge in [0.05, 0.1) is 11.4 Å². The highest BCUT2D eigenvalue weighted by Gasteiger charge is 2.15. The topological polar surface area (TPSA) is 47.8 Å². The first-order chi connectivity index (χ1) is 9.59. The molecule has 3 aromatic rings. The highest BCUT2D eigenvalue weighted by atomic mass is 79.9. The highest BCUT2D eigenvalue weighted by Crippen LogP contribution is 2.29. The van der Waals surface area contributed by atoms with Crippen LogP contribution >= 0.6 is 15.9 Å². The Morgan fingerprint density at radius 3 is 2.50 bits per heavy atom. The van der Waals surface area contributed by atoms with Crippen LogP contribution in [0.25, 0.3) is 16.5 Å². The summed E-state index contributed by atoms with van der Waals surface area (Å²) in [6.45, 7) is 3.36. The summed E-state index contributed by atoms with van der Waals surface area (Å²) in [6, 6.07) is 12.0. The van der Waals surface area contributed by atoms with E-state index in [1.807, 2.05) is 43.3 Å². The molecule has 100 valence electrons. The summed E-state index contributed by atoms with van der Waals surface area (Å²) < 4.78 is 2.74. The van der Waals surface area contributed by atoms with Crippen molar-refractivity contribution in [3.05, 3.63) is 52.3 Å². The Kier molecular flexibility index (Phi) is 3.14. The third-order valence-corrected chi connectivity index (χ3v) is 4.00. The number of nitrogens with zero attached hydrogens (tertiary/aromatic N) is 3. The van der Waals surface area contributed by atoms with Gasteiger partial charge in [0, 0.05) is 16.8 Å². The van der Waals surface area contributed by atoms with E-state index in [-0.39, 0.29) is 5.78 Å². The fourth-order valence-corrected chi connectivity index (χ4v) is 2.79. The largest absolute Gasteiger partial charge is 0.293 e. The smallest absolute Gasteiger partial charge is 0.181 e. The number of hydrogen-bond donors (Lipinski definition) is 0. The quantitative estimate of drug-likeness (QED) is 0.673. The molecule has 20 heavy (non-hydrogen) atoms. The van der Waals surface area contributed by atoms with Gasteiger partial charge in [-0.1, -0.05) is 45.4 Å². The van der Waals surface area contributed by atoms with Gasteiger partial charge in [-0.25, -0.2) is 4.68 Å². The third kappa shape index (κ3) is 1.94. The maximum absolute atomic E-state index is 11.5. The second-order valence-electron chi connectivity index (χ2n) is 4.60. The molecule has 3 rings (SSSR count). The normalized spacial score (nSPS) is 10.9. The monoisotopic (exact) mass is 329 g/mol. The van der Waals surface area contributed by atoms with E-state index in [2.05, 4.69) is 26.2 Å². The predicted octanol–water partition coefficient (Wildman–Crippen LogP) is 3.69. The summed E-state index contributed by atoms with van der Waals surface area (Å²) in [5.41, 5.74) is 2.09. The summed E-state index contributed by atoms with van der Waals surface area (Å²) in [4.78, 5) is 11.5. The summed E-state index contributed by atoms with van der Waals surface area (Å²) >= 11 is 3.55. The number of hydrogen-bond acceptors (Lipinski definition) is 3. The Morgan fingerprint density at radius 1 is 1.15 bits per heavy atom. The molecule has 0 aliphatic heterocycles. The molecule has 0 unspecified atom stereocenters. The van der Waals surface area contributed by atoms with E-state index in [1.165, 1.54) is 6.92 Å². The number of ketones is 1. The molecule has 0 amide bonds. The van der Waals surface area contributed by atoms with Gasteiger partial charge in [0.2, 0.25) is 0 Å². The lowest BCUT2D eigenvalue weighted by atomic mass is 10.1. The molecule has 0 saturated carbocycles. The standard InChI is InChI=1S/C15H12BrN3O/c1-9-15(10(2)20)17-18-19(9)14-8-7-13(16)11-5-3-4-6-12(11)14/h3-8H,1-2H3. The Hall–Kier alpha value is -2.01. The minimum atomic E-state index is -0.0739. The van der Waals surface area contributed by atoms with E-state index >= 15 is 0 Å². The Labute approximate surface area is 124 Å². The number of carbonyl (C=O) groups is 1. The minimum absolute atomic E-state index is 0.0739. The van der Waals surface area contributed by atoms with Crippen molar-refractivity contribution in [1.82, 2.24) is 15.0 Å². The van der Waals surface area contributed by atoms with Crippen LogP contribution in [-0.4, -0.2) is 20.8 Å². The van der Waals surface area contributed by atoms with E-state index in [1.54, 1.807) is 4.68 Å². The number of halogens is 1. The molecule has 0 atom stereocenters. The lowest BCUT2D eigenvalue weighted by molar-refractivity contribution is 0.101. The fourth-order valence-electron chi connectivity index (χ4n) is 2.31. The summed E-state index contributed by atoms with van der Waals surface area (Å²) in [7, 11) is 0. The van der Waals surface area contributed by atoms with Gasteiger partial charge in [0.15, 0.2) is 11.5 Å². The number of benzene rings is 2. The van der Waals surface area contributed by atoms with Gasteiger partial charge in [-0.2, -0.15) is 0 Å². The third-order valence-electron chi connectivity index (χ3n) is 3.30. The van der Waals surface area contributed by atoms with Gasteiger partial charge in [-0.15, -0.1) is 5.10 Å². The van der Waals surface area contributed by atoms with Gasteiger partial charge in [0.1, 0.15) is 0 Å². The van der Waals surface area contributed by atoms with Crippen molar-refractivity contribution in [2.45, 2.75) is 13.8 Å². The average molecular weight is 330 g/mol. The molecule has 0 radical (unpaired) electrons. The van der Waals surface area contributed by atoms with Crippen molar-refractivity contribution < 1.29 is 4.79 Å². The van der Waals surface area contributed by atoms with Gasteiger partial charge in [-0.05, 0) is 24.4 Å². The van der Waals surface area contributed by atoms with E-state index in [0.29, 0.717) is 5.69 Å². The number of aromatic nitrogens is 3. The van der Waals surface area contributed by atoms with Gasteiger partial charge in [0.25, 0.3) is 0 Å². The summed E-state index contributed by atoms with van der Waals surface area (Å²) in [5.74, 6) is -0.0739. The maximum atomic E-state index is 11.5. The van der Waals surface area contributed by atoms with Gasteiger partial charge >= 0.3 is 0 Å². The summed E-state index contributed by atoms with van der Waals surface area (Å²) in [5, 5.41) is 10.3. The molecule has 0 N–H and O–H groups in total. The molecular formula is C15H12BrN3O. The molecule has 0 spiro atoms. The second-order valence-corrected chi connectivity index (χ2v) is 5.46. The Morgan fingerprint density at radius 2 is 1.85 bits per heavy atom. The van der Waals surface area contributed by atoms with Crippen LogP contribution in [0, 0.1) is 6.92 Å². The number of fused-ring (bicyclic) bond motifs is 1. The highest BCUT2D eigenvalue weighted by molar-refractivity contribution is 9.10. The van der Waals surface area contributed by atoms with Gasteiger partial charge in [-0.3, -0.25) is 4.79 Å². The number of Topliss-reactive ketones (excluding diaryl/α,β-unsaturated/α-hetero) is 1. The van der Waals surface area contributed by atoms with E-state index in [4.69, 9.17) is 0 Å². The van der Waals surface area contributed by atoms with Crippen molar-refractivity contribution in [3.63, 3.8) is 0 Å².